The number of benzene rings is 1. The Balaban J connectivity index is 3.04. The number of hydrogen-bond donors (Lipinski definition) is 1. The smallest absolute Gasteiger partial charge is 0.122 e. The van der Waals surface area contributed by atoms with Crippen molar-refractivity contribution in [2.75, 3.05) is 20.3 Å². The van der Waals surface area contributed by atoms with Crippen molar-refractivity contribution < 1.29 is 9.47 Å². The molecule has 1 unspecified atom stereocenters. The van der Waals surface area contributed by atoms with Crippen molar-refractivity contribution in [3.05, 3.63) is 29.3 Å². The van der Waals surface area contributed by atoms with E-state index in [1.807, 2.05) is 32.9 Å². The standard InChI is InChI=1S/C13H21NO2/c1-5-16-12-7-6-11(8-10(12)2)13(3,9-14)15-4/h6-8H,5,9,14H2,1-4H3. The lowest BCUT2D eigenvalue weighted by Gasteiger charge is -2.27. The quantitative estimate of drug-likeness (QED) is 0.832. The van der Waals surface area contributed by atoms with E-state index in [9.17, 15) is 0 Å². The zero-order chi connectivity index (χ0) is 12.2. The van der Waals surface area contributed by atoms with Crippen molar-refractivity contribution in [1.29, 1.82) is 0 Å². The van der Waals surface area contributed by atoms with Crippen LogP contribution in [0.3, 0.4) is 0 Å². The number of ether oxygens (including phenoxy) is 2. The van der Waals surface area contributed by atoms with E-state index in [1.54, 1.807) is 7.11 Å². The van der Waals surface area contributed by atoms with Gasteiger partial charge >= 0.3 is 0 Å². The SMILES string of the molecule is CCOc1ccc(C(C)(CN)OC)cc1C. The lowest BCUT2D eigenvalue weighted by molar-refractivity contribution is 0.00999. The van der Waals surface area contributed by atoms with Crippen LogP contribution in [0.25, 0.3) is 0 Å². The molecule has 2 N–H and O–H groups in total. The molecule has 0 saturated heterocycles. The van der Waals surface area contributed by atoms with Gasteiger partial charge in [-0.15, -0.1) is 0 Å². The minimum Gasteiger partial charge on any atom is -0.494 e. The van der Waals surface area contributed by atoms with Gasteiger partial charge in [-0.1, -0.05) is 6.07 Å². The molecule has 0 saturated carbocycles. The molecule has 1 atom stereocenters. The van der Waals surface area contributed by atoms with Crippen molar-refractivity contribution >= 4 is 0 Å². The molecule has 0 radical (unpaired) electrons. The maximum absolute atomic E-state index is 5.74. The Hall–Kier alpha value is -1.06. The first kappa shape index (κ1) is 13.0. The Labute approximate surface area is 97.6 Å². The normalized spacial score (nSPS) is 14.6. The molecular formula is C13H21NO2. The van der Waals surface area contributed by atoms with Crippen molar-refractivity contribution in [1.82, 2.24) is 0 Å². The van der Waals surface area contributed by atoms with Crippen LogP contribution < -0.4 is 10.5 Å². The minimum atomic E-state index is -0.421. The maximum Gasteiger partial charge on any atom is 0.122 e. The third-order valence-corrected chi connectivity index (χ3v) is 2.93. The predicted octanol–water partition coefficient (Wildman–Crippen LogP) is 2.21. The van der Waals surface area contributed by atoms with Crippen molar-refractivity contribution in [3.63, 3.8) is 0 Å². The van der Waals surface area contributed by atoms with Crippen LogP contribution in [-0.4, -0.2) is 20.3 Å². The summed E-state index contributed by atoms with van der Waals surface area (Å²) in [4.78, 5) is 0. The highest BCUT2D eigenvalue weighted by molar-refractivity contribution is 5.38. The predicted molar refractivity (Wildman–Crippen MR) is 65.8 cm³/mol. The van der Waals surface area contributed by atoms with Gasteiger partial charge in [0.15, 0.2) is 0 Å². The van der Waals surface area contributed by atoms with E-state index in [2.05, 4.69) is 6.07 Å². The van der Waals surface area contributed by atoms with Crippen LogP contribution in [0.15, 0.2) is 18.2 Å². The fourth-order valence-electron chi connectivity index (χ4n) is 1.61. The van der Waals surface area contributed by atoms with Crippen LogP contribution in [-0.2, 0) is 10.3 Å². The zero-order valence-electron chi connectivity index (χ0n) is 10.5. The summed E-state index contributed by atoms with van der Waals surface area (Å²) in [6.07, 6.45) is 0. The third kappa shape index (κ3) is 2.54. The molecule has 0 heterocycles. The lowest BCUT2D eigenvalue weighted by atomic mass is 9.94. The molecule has 0 aliphatic rings. The van der Waals surface area contributed by atoms with Gasteiger partial charge in [0.05, 0.1) is 6.61 Å². The molecule has 0 bridgehead atoms. The Morgan fingerprint density at radius 2 is 2.06 bits per heavy atom. The summed E-state index contributed by atoms with van der Waals surface area (Å²) in [6.45, 7) is 7.13. The second-order valence-corrected chi connectivity index (χ2v) is 4.05. The zero-order valence-corrected chi connectivity index (χ0v) is 10.5. The van der Waals surface area contributed by atoms with E-state index < -0.39 is 5.60 Å². The van der Waals surface area contributed by atoms with Crippen molar-refractivity contribution in [2.24, 2.45) is 5.73 Å². The van der Waals surface area contributed by atoms with Gasteiger partial charge in [-0.2, -0.15) is 0 Å². The molecule has 90 valence electrons. The van der Waals surface area contributed by atoms with E-state index in [0.717, 1.165) is 16.9 Å². The largest absolute Gasteiger partial charge is 0.494 e. The molecule has 3 heteroatoms. The van der Waals surface area contributed by atoms with E-state index in [4.69, 9.17) is 15.2 Å². The first-order valence-electron chi connectivity index (χ1n) is 5.56. The van der Waals surface area contributed by atoms with Crippen molar-refractivity contribution in [3.8, 4) is 5.75 Å². The monoisotopic (exact) mass is 223 g/mol. The molecule has 3 nitrogen and oxygen atoms in total. The Morgan fingerprint density at radius 3 is 2.50 bits per heavy atom. The molecular weight excluding hydrogens is 202 g/mol. The molecule has 0 spiro atoms. The van der Waals surface area contributed by atoms with E-state index in [0.29, 0.717) is 13.2 Å². The number of hydrogen-bond acceptors (Lipinski definition) is 3. The average Bonchev–Trinajstić information content (AvgIpc) is 2.31. The van der Waals surface area contributed by atoms with E-state index >= 15 is 0 Å². The topological polar surface area (TPSA) is 44.5 Å². The number of nitrogens with two attached hydrogens (primary N) is 1. The molecule has 16 heavy (non-hydrogen) atoms. The van der Waals surface area contributed by atoms with Gasteiger partial charge in [-0.3, -0.25) is 0 Å². The van der Waals surface area contributed by atoms with Gasteiger partial charge in [0.25, 0.3) is 0 Å². The Morgan fingerprint density at radius 1 is 1.38 bits per heavy atom. The fourth-order valence-corrected chi connectivity index (χ4v) is 1.61. The first-order chi connectivity index (χ1) is 7.57. The summed E-state index contributed by atoms with van der Waals surface area (Å²) < 4.78 is 11.0. The van der Waals surface area contributed by atoms with E-state index in [-0.39, 0.29) is 0 Å². The molecule has 0 amide bonds. The Bertz CT molecular complexity index is 346. The van der Waals surface area contributed by atoms with Gasteiger partial charge < -0.3 is 15.2 Å². The van der Waals surface area contributed by atoms with Gasteiger partial charge in [0, 0.05) is 13.7 Å². The highest BCUT2D eigenvalue weighted by Gasteiger charge is 2.24. The summed E-state index contributed by atoms with van der Waals surface area (Å²) in [7, 11) is 1.68. The van der Waals surface area contributed by atoms with Crippen LogP contribution in [0.1, 0.15) is 25.0 Å². The summed E-state index contributed by atoms with van der Waals surface area (Å²) in [5.41, 5.74) is 7.51. The van der Waals surface area contributed by atoms with E-state index in [1.165, 1.54) is 0 Å². The van der Waals surface area contributed by atoms with Gasteiger partial charge in [-0.25, -0.2) is 0 Å². The average molecular weight is 223 g/mol. The van der Waals surface area contributed by atoms with Gasteiger partial charge in [0.2, 0.25) is 0 Å². The number of methoxy groups -OCH3 is 1. The second-order valence-electron chi connectivity index (χ2n) is 4.05. The second kappa shape index (κ2) is 5.32. The van der Waals surface area contributed by atoms with Gasteiger partial charge in [-0.05, 0) is 44.0 Å². The maximum atomic E-state index is 5.74. The summed E-state index contributed by atoms with van der Waals surface area (Å²) in [5, 5.41) is 0. The van der Waals surface area contributed by atoms with Crippen LogP contribution in [0.2, 0.25) is 0 Å². The van der Waals surface area contributed by atoms with Crippen LogP contribution in [0, 0.1) is 6.92 Å². The summed E-state index contributed by atoms with van der Waals surface area (Å²) >= 11 is 0. The molecule has 0 fully saturated rings. The fraction of sp³-hybridized carbons (Fsp3) is 0.538. The highest BCUT2D eigenvalue weighted by Crippen LogP contribution is 2.28. The third-order valence-electron chi connectivity index (χ3n) is 2.93. The highest BCUT2D eigenvalue weighted by atomic mass is 16.5. The molecule has 0 aliphatic heterocycles. The number of aryl methyl sites for hydroxylation is 1. The van der Waals surface area contributed by atoms with Crippen LogP contribution >= 0.6 is 0 Å². The Kier molecular flexibility index (Phi) is 4.33. The molecule has 1 aromatic rings. The van der Waals surface area contributed by atoms with Gasteiger partial charge in [0.1, 0.15) is 11.4 Å². The minimum absolute atomic E-state index is 0.421. The molecule has 0 aliphatic carbocycles. The first-order valence-corrected chi connectivity index (χ1v) is 5.56. The number of rotatable bonds is 5. The molecule has 1 aromatic carbocycles. The molecule has 1 rings (SSSR count). The lowest BCUT2D eigenvalue weighted by Crippen LogP contribution is -2.33. The van der Waals surface area contributed by atoms with Crippen LogP contribution in [0.5, 0.6) is 5.75 Å². The van der Waals surface area contributed by atoms with Crippen LogP contribution in [0.4, 0.5) is 0 Å². The molecule has 0 aromatic heterocycles. The summed E-state index contributed by atoms with van der Waals surface area (Å²) in [6, 6.07) is 6.05. The summed E-state index contributed by atoms with van der Waals surface area (Å²) in [5.74, 6) is 0.918. The van der Waals surface area contributed by atoms with Crippen molar-refractivity contribution in [2.45, 2.75) is 26.4 Å².